The molecule has 7 nitrogen and oxygen atoms in total. The third kappa shape index (κ3) is 5.18. The van der Waals surface area contributed by atoms with E-state index in [2.05, 4.69) is 4.90 Å². The van der Waals surface area contributed by atoms with Gasteiger partial charge in [-0.1, -0.05) is 51.1 Å². The molecule has 33 heavy (non-hydrogen) atoms. The molecule has 3 aromatic rings. The summed E-state index contributed by atoms with van der Waals surface area (Å²) in [5, 5.41) is 0.630. The number of piperazine rings is 1. The molecule has 1 aromatic heterocycles. The third-order valence-corrected chi connectivity index (χ3v) is 7.83. The van der Waals surface area contributed by atoms with Crippen LogP contribution >= 0.6 is 0 Å². The van der Waals surface area contributed by atoms with E-state index >= 15 is 0 Å². The molecule has 4 rings (SSSR count). The van der Waals surface area contributed by atoms with Gasteiger partial charge in [0.2, 0.25) is 10.0 Å². The lowest BCUT2D eigenvalue weighted by Gasteiger charge is -2.37. The average molecular weight is 471 g/mol. The van der Waals surface area contributed by atoms with E-state index in [0.717, 1.165) is 12.2 Å². The maximum Gasteiger partial charge on any atom is 0.261 e. The number of rotatable bonds is 6. The van der Waals surface area contributed by atoms with E-state index in [9.17, 15) is 13.2 Å². The molecule has 0 bridgehead atoms. The summed E-state index contributed by atoms with van der Waals surface area (Å²) in [5.74, 6) is 0.741. The Balaban J connectivity index is 0.00000149. The number of para-hydroxylation sites is 1. The quantitative estimate of drug-likeness (QED) is 0.546. The largest absolute Gasteiger partial charge is 0.295 e. The van der Waals surface area contributed by atoms with Gasteiger partial charge in [-0.3, -0.25) is 14.3 Å². The number of sulfonamides is 1. The topological polar surface area (TPSA) is 75.5 Å². The summed E-state index contributed by atoms with van der Waals surface area (Å²) in [7, 11) is -3.49. The van der Waals surface area contributed by atoms with Crippen molar-refractivity contribution in [2.45, 2.75) is 51.6 Å². The van der Waals surface area contributed by atoms with Crippen LogP contribution in [0.1, 0.15) is 46.0 Å². The molecule has 2 aromatic carbocycles. The van der Waals surface area contributed by atoms with Gasteiger partial charge in [-0.25, -0.2) is 13.4 Å². The smallest absolute Gasteiger partial charge is 0.261 e. The van der Waals surface area contributed by atoms with Crippen LogP contribution in [0.2, 0.25) is 0 Å². The Kier molecular flexibility index (Phi) is 8.40. The molecule has 0 radical (unpaired) electrons. The van der Waals surface area contributed by atoms with Crippen molar-refractivity contribution in [2.24, 2.45) is 0 Å². The zero-order valence-electron chi connectivity index (χ0n) is 19.9. The van der Waals surface area contributed by atoms with Crippen LogP contribution in [0.5, 0.6) is 0 Å². The van der Waals surface area contributed by atoms with Crippen molar-refractivity contribution < 1.29 is 8.42 Å². The first kappa shape index (κ1) is 25.1. The molecule has 0 N–H and O–H groups in total. The predicted molar refractivity (Wildman–Crippen MR) is 133 cm³/mol. The molecule has 178 valence electrons. The molecule has 1 fully saturated rings. The molecule has 2 heterocycles. The van der Waals surface area contributed by atoms with E-state index in [4.69, 9.17) is 4.98 Å². The summed E-state index contributed by atoms with van der Waals surface area (Å²) in [5.41, 5.74) is 0.687. The molecule has 1 atom stereocenters. The highest BCUT2D eigenvalue weighted by Crippen LogP contribution is 2.24. The number of aromatic nitrogens is 2. The van der Waals surface area contributed by atoms with Crippen LogP contribution < -0.4 is 5.56 Å². The number of benzene rings is 2. The van der Waals surface area contributed by atoms with Crippen molar-refractivity contribution in [1.82, 2.24) is 18.8 Å². The van der Waals surface area contributed by atoms with Gasteiger partial charge < -0.3 is 0 Å². The van der Waals surface area contributed by atoms with Gasteiger partial charge in [0.1, 0.15) is 5.82 Å². The Morgan fingerprint density at radius 2 is 1.55 bits per heavy atom. The van der Waals surface area contributed by atoms with E-state index in [1.54, 1.807) is 33.1 Å². The molecule has 8 heteroatoms. The number of nitrogens with zero attached hydrogens (tertiary/aromatic N) is 4. The van der Waals surface area contributed by atoms with Crippen LogP contribution in [0, 0.1) is 0 Å². The third-order valence-electron chi connectivity index (χ3n) is 5.91. The van der Waals surface area contributed by atoms with Crippen molar-refractivity contribution in [2.75, 3.05) is 26.2 Å². The average Bonchev–Trinajstić information content (AvgIpc) is 2.87. The lowest BCUT2D eigenvalue weighted by molar-refractivity contribution is 0.138. The molecular formula is C25H34N4O3S. The Bertz CT molecular complexity index is 1220. The Labute approximate surface area is 196 Å². The van der Waals surface area contributed by atoms with E-state index in [-0.39, 0.29) is 11.6 Å². The summed E-state index contributed by atoms with van der Waals surface area (Å²) < 4.78 is 29.1. The van der Waals surface area contributed by atoms with E-state index in [0.29, 0.717) is 48.5 Å². The van der Waals surface area contributed by atoms with Crippen molar-refractivity contribution in [3.8, 4) is 0 Å². The zero-order valence-corrected chi connectivity index (χ0v) is 20.8. The molecule has 0 saturated carbocycles. The Morgan fingerprint density at radius 1 is 0.939 bits per heavy atom. The maximum atomic E-state index is 13.1. The lowest BCUT2D eigenvalue weighted by Crippen LogP contribution is -2.49. The SMILES string of the molecule is CC.CCCn1c(C(C)N2CCN(S(=O)(=O)c3ccccc3)CC2)nc2ccccc2c1=O. The fourth-order valence-electron chi connectivity index (χ4n) is 4.18. The second-order valence-corrected chi connectivity index (χ2v) is 9.81. The van der Waals surface area contributed by atoms with E-state index in [1.807, 2.05) is 58.0 Å². The number of hydrogen-bond donors (Lipinski definition) is 0. The second kappa shape index (κ2) is 11.0. The molecule has 1 saturated heterocycles. The van der Waals surface area contributed by atoms with Crippen molar-refractivity contribution in [3.63, 3.8) is 0 Å². The van der Waals surface area contributed by atoms with Crippen LogP contribution in [-0.4, -0.2) is 53.4 Å². The van der Waals surface area contributed by atoms with Gasteiger partial charge >= 0.3 is 0 Å². The minimum absolute atomic E-state index is 0.0143. The van der Waals surface area contributed by atoms with Gasteiger partial charge in [-0.15, -0.1) is 0 Å². The van der Waals surface area contributed by atoms with E-state index < -0.39 is 10.0 Å². The molecule has 0 aliphatic carbocycles. The second-order valence-electron chi connectivity index (χ2n) is 7.87. The summed E-state index contributed by atoms with van der Waals surface area (Å²) >= 11 is 0. The highest BCUT2D eigenvalue weighted by molar-refractivity contribution is 7.89. The first-order chi connectivity index (χ1) is 15.9. The molecule has 1 unspecified atom stereocenters. The lowest BCUT2D eigenvalue weighted by atomic mass is 10.2. The summed E-state index contributed by atoms with van der Waals surface area (Å²) in [6, 6.07) is 15.9. The van der Waals surface area contributed by atoms with Gasteiger partial charge in [0.25, 0.3) is 5.56 Å². The van der Waals surface area contributed by atoms with Crippen LogP contribution in [0.3, 0.4) is 0 Å². The van der Waals surface area contributed by atoms with Gasteiger partial charge in [0, 0.05) is 32.7 Å². The minimum atomic E-state index is -3.49. The van der Waals surface area contributed by atoms with Gasteiger partial charge in [-0.05, 0) is 37.6 Å². The van der Waals surface area contributed by atoms with Crippen LogP contribution in [-0.2, 0) is 16.6 Å². The fraction of sp³-hybridized carbons (Fsp3) is 0.440. The minimum Gasteiger partial charge on any atom is -0.295 e. The van der Waals surface area contributed by atoms with Crippen LogP contribution in [0.4, 0.5) is 0 Å². The van der Waals surface area contributed by atoms with Crippen molar-refractivity contribution >= 4 is 20.9 Å². The molecular weight excluding hydrogens is 436 g/mol. The fourth-order valence-corrected chi connectivity index (χ4v) is 5.62. The number of fused-ring (bicyclic) bond motifs is 1. The summed E-state index contributed by atoms with van der Waals surface area (Å²) in [6.07, 6.45) is 0.836. The number of hydrogen-bond acceptors (Lipinski definition) is 5. The molecule has 0 amide bonds. The van der Waals surface area contributed by atoms with Gasteiger partial charge in [0.05, 0.1) is 21.8 Å². The van der Waals surface area contributed by atoms with Crippen LogP contribution in [0.15, 0.2) is 64.3 Å². The summed E-state index contributed by atoms with van der Waals surface area (Å²) in [6.45, 7) is 10.7. The molecule has 0 spiro atoms. The van der Waals surface area contributed by atoms with Crippen molar-refractivity contribution in [3.05, 3.63) is 70.8 Å². The maximum absolute atomic E-state index is 13.1. The van der Waals surface area contributed by atoms with Crippen molar-refractivity contribution in [1.29, 1.82) is 0 Å². The zero-order chi connectivity index (χ0) is 24.0. The van der Waals surface area contributed by atoms with Crippen LogP contribution in [0.25, 0.3) is 10.9 Å². The molecule has 1 aliphatic rings. The first-order valence-corrected chi connectivity index (χ1v) is 13.2. The van der Waals surface area contributed by atoms with Gasteiger partial charge in [0.15, 0.2) is 0 Å². The Morgan fingerprint density at radius 3 is 2.18 bits per heavy atom. The summed E-state index contributed by atoms with van der Waals surface area (Å²) in [4.78, 5) is 20.4. The standard InChI is InChI=1S/C23H28N4O3S.C2H6/c1-3-13-27-22(24-21-12-8-7-11-20(21)23(27)28)18(2)25-14-16-26(17-15-25)31(29,30)19-9-5-4-6-10-19;1-2/h4-12,18H,3,13-17H2,1-2H3;1-2H3. The molecule has 1 aliphatic heterocycles. The Hall–Kier alpha value is -2.55. The predicted octanol–water partition coefficient (Wildman–Crippen LogP) is 3.90. The van der Waals surface area contributed by atoms with Gasteiger partial charge in [-0.2, -0.15) is 4.31 Å². The normalized spacial score (nSPS) is 16.2. The highest BCUT2D eigenvalue weighted by Gasteiger charge is 2.31. The first-order valence-electron chi connectivity index (χ1n) is 11.7. The monoisotopic (exact) mass is 470 g/mol. The highest BCUT2D eigenvalue weighted by atomic mass is 32.2. The van der Waals surface area contributed by atoms with E-state index in [1.165, 1.54) is 0 Å².